The average molecular weight is 367 g/mol. The Morgan fingerprint density at radius 2 is 1.92 bits per heavy atom. The van der Waals surface area contributed by atoms with E-state index in [1.807, 2.05) is 37.4 Å². The topological polar surface area (TPSA) is 54.3 Å². The van der Waals surface area contributed by atoms with Gasteiger partial charge in [-0.15, -0.1) is 0 Å². The van der Waals surface area contributed by atoms with Crippen LogP contribution in [0.25, 0.3) is 10.9 Å². The summed E-state index contributed by atoms with van der Waals surface area (Å²) in [6.07, 6.45) is 2.70. The van der Waals surface area contributed by atoms with E-state index in [1.165, 1.54) is 3.97 Å². The van der Waals surface area contributed by atoms with Crippen LogP contribution in [-0.4, -0.2) is 38.1 Å². The maximum absolute atomic E-state index is 13.3. The zero-order chi connectivity index (χ0) is 17.9. The number of benzene rings is 2. The van der Waals surface area contributed by atoms with Crippen molar-refractivity contribution in [3.63, 3.8) is 0 Å². The Hall–Kier alpha value is -2.31. The lowest BCUT2D eigenvalue weighted by Gasteiger charge is -2.41. The molecule has 1 atom stereocenters. The van der Waals surface area contributed by atoms with Gasteiger partial charge in [0.15, 0.2) is 0 Å². The van der Waals surface area contributed by atoms with Crippen molar-refractivity contribution in [1.29, 1.82) is 0 Å². The monoisotopic (exact) mass is 367 g/mol. The van der Waals surface area contributed by atoms with Crippen molar-refractivity contribution < 1.29 is 8.42 Å². The van der Waals surface area contributed by atoms with Gasteiger partial charge in [0.25, 0.3) is 10.0 Å². The first-order valence-electron chi connectivity index (χ1n) is 8.98. The van der Waals surface area contributed by atoms with Gasteiger partial charge in [-0.25, -0.2) is 12.4 Å². The van der Waals surface area contributed by atoms with Crippen molar-refractivity contribution in [3.05, 3.63) is 59.8 Å². The van der Waals surface area contributed by atoms with Crippen LogP contribution in [0, 0.1) is 6.92 Å². The van der Waals surface area contributed by atoms with Crippen molar-refractivity contribution in [2.24, 2.45) is 0 Å². The SMILES string of the molecule is Cc1ccc(S(=O)(=O)n2cc3c4c(cccc42)N2CCNCC2C3)cc1. The fraction of sp³-hybridized carbons (Fsp3) is 0.300. The molecule has 2 aromatic carbocycles. The van der Waals surface area contributed by atoms with Crippen LogP contribution in [0.5, 0.6) is 0 Å². The fourth-order valence-corrected chi connectivity index (χ4v) is 5.63. The zero-order valence-electron chi connectivity index (χ0n) is 14.6. The van der Waals surface area contributed by atoms with E-state index in [1.54, 1.807) is 12.1 Å². The third-order valence-corrected chi connectivity index (χ3v) is 7.23. The van der Waals surface area contributed by atoms with E-state index in [2.05, 4.69) is 16.3 Å². The van der Waals surface area contributed by atoms with Crippen LogP contribution in [0.1, 0.15) is 11.1 Å². The van der Waals surface area contributed by atoms with Crippen LogP contribution in [0.4, 0.5) is 5.69 Å². The first-order chi connectivity index (χ1) is 12.6. The molecule has 6 heteroatoms. The molecule has 0 spiro atoms. The predicted octanol–water partition coefficient (Wildman–Crippen LogP) is 2.52. The number of hydrogen-bond donors (Lipinski definition) is 1. The number of nitrogens with zero attached hydrogens (tertiary/aromatic N) is 2. The molecule has 0 aliphatic carbocycles. The zero-order valence-corrected chi connectivity index (χ0v) is 15.5. The molecule has 26 heavy (non-hydrogen) atoms. The number of piperazine rings is 1. The second-order valence-corrected chi connectivity index (χ2v) is 9.01. The van der Waals surface area contributed by atoms with E-state index in [4.69, 9.17) is 0 Å². The molecule has 5 nitrogen and oxygen atoms in total. The van der Waals surface area contributed by atoms with Crippen LogP contribution < -0.4 is 10.2 Å². The largest absolute Gasteiger partial charge is 0.365 e. The van der Waals surface area contributed by atoms with Crippen LogP contribution >= 0.6 is 0 Å². The molecule has 1 N–H and O–H groups in total. The van der Waals surface area contributed by atoms with Crippen molar-refractivity contribution in [2.45, 2.75) is 24.3 Å². The molecular weight excluding hydrogens is 346 g/mol. The van der Waals surface area contributed by atoms with E-state index in [9.17, 15) is 8.42 Å². The number of aromatic nitrogens is 1. The lowest BCUT2D eigenvalue weighted by atomic mass is 9.95. The van der Waals surface area contributed by atoms with Crippen LogP contribution in [-0.2, 0) is 16.4 Å². The minimum Gasteiger partial charge on any atom is -0.365 e. The Morgan fingerprint density at radius 3 is 2.73 bits per heavy atom. The van der Waals surface area contributed by atoms with Gasteiger partial charge < -0.3 is 10.2 Å². The second-order valence-electron chi connectivity index (χ2n) is 7.19. The van der Waals surface area contributed by atoms with Crippen LogP contribution in [0.3, 0.4) is 0 Å². The summed E-state index contributed by atoms with van der Waals surface area (Å²) in [6.45, 7) is 4.81. The van der Waals surface area contributed by atoms with Gasteiger partial charge in [0.1, 0.15) is 0 Å². The van der Waals surface area contributed by atoms with Crippen molar-refractivity contribution in [2.75, 3.05) is 24.5 Å². The summed E-state index contributed by atoms with van der Waals surface area (Å²) in [5.74, 6) is 0. The first-order valence-corrected chi connectivity index (χ1v) is 10.4. The van der Waals surface area contributed by atoms with E-state index in [0.29, 0.717) is 10.9 Å². The molecule has 3 aromatic rings. The molecule has 0 radical (unpaired) electrons. The fourth-order valence-electron chi connectivity index (χ4n) is 4.25. The summed E-state index contributed by atoms with van der Waals surface area (Å²) in [7, 11) is -3.61. The highest BCUT2D eigenvalue weighted by atomic mass is 32.2. The molecule has 0 bridgehead atoms. The van der Waals surface area contributed by atoms with Crippen molar-refractivity contribution >= 4 is 26.6 Å². The van der Waals surface area contributed by atoms with Gasteiger partial charge in [-0.2, -0.15) is 0 Å². The summed E-state index contributed by atoms with van der Waals surface area (Å²) in [4.78, 5) is 2.75. The quantitative estimate of drug-likeness (QED) is 0.756. The summed E-state index contributed by atoms with van der Waals surface area (Å²) >= 11 is 0. The number of rotatable bonds is 2. The number of fused-ring (bicyclic) bond motifs is 2. The number of hydrogen-bond acceptors (Lipinski definition) is 4. The van der Waals surface area contributed by atoms with E-state index < -0.39 is 10.0 Å². The van der Waals surface area contributed by atoms with Gasteiger partial charge in [-0.1, -0.05) is 23.8 Å². The Kier molecular flexibility index (Phi) is 3.42. The van der Waals surface area contributed by atoms with Crippen molar-refractivity contribution in [3.8, 4) is 0 Å². The van der Waals surface area contributed by atoms with Gasteiger partial charge in [-0.05, 0) is 43.2 Å². The van der Waals surface area contributed by atoms with Gasteiger partial charge in [0.05, 0.1) is 10.4 Å². The highest BCUT2D eigenvalue weighted by molar-refractivity contribution is 7.90. The maximum atomic E-state index is 13.3. The standard InChI is InChI=1S/C20H21N3O2S/c1-14-5-7-17(8-6-14)26(24,25)23-13-15-11-16-12-21-9-10-22(16)18-3-2-4-19(23)20(15)18/h2-8,13,16,21H,9-12H2,1H3. The smallest absolute Gasteiger partial charge is 0.268 e. The highest BCUT2D eigenvalue weighted by Gasteiger charge is 2.32. The number of aryl methyl sites for hydroxylation is 1. The van der Waals surface area contributed by atoms with E-state index >= 15 is 0 Å². The molecule has 134 valence electrons. The summed E-state index contributed by atoms with van der Waals surface area (Å²) in [5.41, 5.74) is 4.10. The predicted molar refractivity (Wildman–Crippen MR) is 103 cm³/mol. The van der Waals surface area contributed by atoms with E-state index in [0.717, 1.165) is 53.8 Å². The van der Waals surface area contributed by atoms with Crippen molar-refractivity contribution in [1.82, 2.24) is 9.29 Å². The molecule has 1 saturated heterocycles. The number of anilines is 1. The maximum Gasteiger partial charge on any atom is 0.268 e. The van der Waals surface area contributed by atoms with Gasteiger partial charge in [0, 0.05) is 42.9 Å². The average Bonchev–Trinajstić information content (AvgIpc) is 3.03. The first kappa shape index (κ1) is 15.9. The Bertz CT molecular complexity index is 1100. The van der Waals surface area contributed by atoms with Crippen LogP contribution in [0.2, 0.25) is 0 Å². The van der Waals surface area contributed by atoms with E-state index in [-0.39, 0.29) is 0 Å². The molecule has 1 fully saturated rings. The Morgan fingerprint density at radius 1 is 1.12 bits per heavy atom. The lowest BCUT2D eigenvalue weighted by Crippen LogP contribution is -2.53. The molecule has 5 rings (SSSR count). The third kappa shape index (κ3) is 2.22. The molecule has 0 saturated carbocycles. The van der Waals surface area contributed by atoms with Gasteiger partial charge in [0.2, 0.25) is 0 Å². The highest BCUT2D eigenvalue weighted by Crippen LogP contribution is 2.39. The lowest BCUT2D eigenvalue weighted by molar-refractivity contribution is 0.470. The Labute approximate surface area is 153 Å². The summed E-state index contributed by atoms with van der Waals surface area (Å²) < 4.78 is 28.0. The molecule has 3 heterocycles. The van der Waals surface area contributed by atoms with Crippen LogP contribution in [0.15, 0.2) is 53.6 Å². The summed E-state index contributed by atoms with van der Waals surface area (Å²) in [5, 5.41) is 4.53. The molecule has 2 aliphatic rings. The minimum absolute atomic E-state index is 0.329. The minimum atomic E-state index is -3.61. The van der Waals surface area contributed by atoms with Gasteiger partial charge >= 0.3 is 0 Å². The second kappa shape index (κ2) is 5.59. The molecule has 0 amide bonds. The molecule has 1 unspecified atom stereocenters. The third-order valence-electron chi connectivity index (χ3n) is 5.55. The summed E-state index contributed by atoms with van der Waals surface area (Å²) in [6, 6.07) is 13.4. The molecular formula is C20H21N3O2S. The molecule has 2 aliphatic heterocycles. The molecule has 1 aromatic heterocycles. The van der Waals surface area contributed by atoms with Gasteiger partial charge in [-0.3, -0.25) is 0 Å². The normalized spacial score (nSPS) is 19.6. The number of nitrogens with one attached hydrogen (secondary N) is 1. The Balaban J connectivity index is 1.72.